The number of aliphatic hydroxyl groups is 1. The van der Waals surface area contributed by atoms with Crippen molar-refractivity contribution in [3.63, 3.8) is 0 Å². The van der Waals surface area contributed by atoms with Gasteiger partial charge in [-0.15, -0.1) is 0 Å². The quantitative estimate of drug-likeness (QED) is 0.777. The topological polar surface area (TPSA) is 32.3 Å². The molecule has 0 spiro atoms. The van der Waals surface area contributed by atoms with E-state index >= 15 is 0 Å². The lowest BCUT2D eigenvalue weighted by Crippen LogP contribution is -2.32. The van der Waals surface area contributed by atoms with Gasteiger partial charge in [0.25, 0.3) is 0 Å². The Kier molecular flexibility index (Phi) is 5.43. The smallest absolute Gasteiger partial charge is 0.123 e. The number of aryl methyl sites for hydroxylation is 1. The minimum Gasteiger partial charge on any atom is -0.392 e. The zero-order chi connectivity index (χ0) is 12.0. The Morgan fingerprint density at radius 1 is 1.38 bits per heavy atom. The Balaban J connectivity index is 2.28. The number of rotatable bonds is 6. The average Bonchev–Trinajstić information content (AvgIpc) is 2.23. The third kappa shape index (κ3) is 5.24. The standard InChI is InChI=1S/C13H20FNO/c1-10(15-9-11(2)16)6-7-12-4-3-5-13(14)8-12/h3-5,8,10-11,15-16H,6-7,9H2,1-2H3/t10?,11-/m0/s1. The Morgan fingerprint density at radius 3 is 2.75 bits per heavy atom. The fourth-order valence-corrected chi connectivity index (χ4v) is 1.55. The van der Waals surface area contributed by atoms with Gasteiger partial charge in [-0.25, -0.2) is 4.39 Å². The van der Waals surface area contributed by atoms with Crippen LogP contribution < -0.4 is 5.32 Å². The first-order chi connectivity index (χ1) is 7.58. The molecule has 0 fully saturated rings. The van der Waals surface area contributed by atoms with Crippen molar-refractivity contribution < 1.29 is 9.50 Å². The van der Waals surface area contributed by atoms with Gasteiger partial charge in [0.2, 0.25) is 0 Å². The molecule has 2 nitrogen and oxygen atoms in total. The molecule has 1 aromatic rings. The molecule has 0 saturated heterocycles. The van der Waals surface area contributed by atoms with Gasteiger partial charge in [0.05, 0.1) is 6.10 Å². The summed E-state index contributed by atoms with van der Waals surface area (Å²) in [6, 6.07) is 7.03. The largest absolute Gasteiger partial charge is 0.392 e. The van der Waals surface area contributed by atoms with Gasteiger partial charge in [0, 0.05) is 12.6 Å². The van der Waals surface area contributed by atoms with Crippen LogP contribution in [0.3, 0.4) is 0 Å². The first kappa shape index (κ1) is 13.1. The van der Waals surface area contributed by atoms with Crippen LogP contribution in [0.25, 0.3) is 0 Å². The minimum atomic E-state index is -0.323. The maximum atomic E-state index is 12.9. The molecule has 0 aliphatic rings. The van der Waals surface area contributed by atoms with Gasteiger partial charge in [-0.05, 0) is 44.4 Å². The Morgan fingerprint density at radius 2 is 2.12 bits per heavy atom. The summed E-state index contributed by atoms with van der Waals surface area (Å²) >= 11 is 0. The third-order valence-electron chi connectivity index (χ3n) is 2.52. The Hall–Kier alpha value is -0.930. The molecule has 2 atom stereocenters. The Bertz CT molecular complexity index is 315. The number of benzene rings is 1. The average molecular weight is 225 g/mol. The number of halogens is 1. The van der Waals surface area contributed by atoms with Crippen molar-refractivity contribution in [2.75, 3.05) is 6.54 Å². The van der Waals surface area contributed by atoms with E-state index in [1.165, 1.54) is 6.07 Å². The molecule has 0 heterocycles. The highest BCUT2D eigenvalue weighted by Gasteiger charge is 2.04. The molecule has 0 radical (unpaired) electrons. The normalized spacial score (nSPS) is 14.8. The molecule has 0 bridgehead atoms. The van der Waals surface area contributed by atoms with E-state index < -0.39 is 0 Å². The SMILES string of the molecule is CC(CCc1cccc(F)c1)NC[C@H](C)O. The molecule has 0 saturated carbocycles. The van der Waals surface area contributed by atoms with Crippen LogP contribution in [0.2, 0.25) is 0 Å². The van der Waals surface area contributed by atoms with Crippen LogP contribution in [0, 0.1) is 5.82 Å². The first-order valence-corrected chi connectivity index (χ1v) is 5.74. The summed E-state index contributed by atoms with van der Waals surface area (Å²) in [5.41, 5.74) is 1.02. The van der Waals surface area contributed by atoms with Crippen LogP contribution in [-0.2, 0) is 6.42 Å². The van der Waals surface area contributed by atoms with Gasteiger partial charge in [0.15, 0.2) is 0 Å². The van der Waals surface area contributed by atoms with Crippen molar-refractivity contribution in [2.24, 2.45) is 0 Å². The molecule has 1 rings (SSSR count). The van der Waals surface area contributed by atoms with Gasteiger partial charge < -0.3 is 10.4 Å². The lowest BCUT2D eigenvalue weighted by atomic mass is 10.1. The number of nitrogens with one attached hydrogen (secondary N) is 1. The molecule has 1 aromatic carbocycles. The van der Waals surface area contributed by atoms with Crippen molar-refractivity contribution >= 4 is 0 Å². The number of hydrogen-bond donors (Lipinski definition) is 2. The van der Waals surface area contributed by atoms with Crippen molar-refractivity contribution in [1.82, 2.24) is 5.32 Å². The summed E-state index contributed by atoms with van der Waals surface area (Å²) in [5, 5.41) is 12.3. The summed E-state index contributed by atoms with van der Waals surface area (Å²) in [5.74, 6) is -0.179. The van der Waals surface area contributed by atoms with Crippen molar-refractivity contribution in [3.8, 4) is 0 Å². The summed E-state index contributed by atoms with van der Waals surface area (Å²) in [7, 11) is 0. The highest BCUT2D eigenvalue weighted by Crippen LogP contribution is 2.07. The monoisotopic (exact) mass is 225 g/mol. The van der Waals surface area contributed by atoms with Gasteiger partial charge >= 0.3 is 0 Å². The van der Waals surface area contributed by atoms with E-state index in [9.17, 15) is 4.39 Å². The summed E-state index contributed by atoms with van der Waals surface area (Å²) in [6.07, 6.45) is 1.47. The van der Waals surface area contributed by atoms with Crippen LogP contribution in [0.1, 0.15) is 25.8 Å². The molecule has 0 aliphatic heterocycles. The van der Waals surface area contributed by atoms with Crippen LogP contribution in [0.15, 0.2) is 24.3 Å². The maximum Gasteiger partial charge on any atom is 0.123 e. The molecule has 16 heavy (non-hydrogen) atoms. The van der Waals surface area contributed by atoms with E-state index in [2.05, 4.69) is 12.2 Å². The van der Waals surface area contributed by atoms with Gasteiger partial charge in [-0.1, -0.05) is 12.1 Å². The minimum absolute atomic E-state index is 0.179. The van der Waals surface area contributed by atoms with Gasteiger partial charge in [-0.2, -0.15) is 0 Å². The molecule has 0 aromatic heterocycles. The molecule has 0 amide bonds. The molecule has 1 unspecified atom stereocenters. The summed E-state index contributed by atoms with van der Waals surface area (Å²) in [6.45, 7) is 4.43. The van der Waals surface area contributed by atoms with Gasteiger partial charge in [0.1, 0.15) is 5.82 Å². The fourth-order valence-electron chi connectivity index (χ4n) is 1.55. The van der Waals surface area contributed by atoms with Crippen LogP contribution in [0.5, 0.6) is 0 Å². The molecule has 0 aliphatic carbocycles. The van der Waals surface area contributed by atoms with Crippen LogP contribution in [0.4, 0.5) is 4.39 Å². The molecule has 3 heteroatoms. The predicted octanol–water partition coefficient (Wildman–Crippen LogP) is 2.12. The van der Waals surface area contributed by atoms with Crippen molar-refractivity contribution in [3.05, 3.63) is 35.6 Å². The van der Waals surface area contributed by atoms with Crippen LogP contribution in [-0.4, -0.2) is 23.8 Å². The van der Waals surface area contributed by atoms with E-state index in [1.807, 2.05) is 6.07 Å². The number of aliphatic hydroxyl groups excluding tert-OH is 1. The van der Waals surface area contributed by atoms with E-state index in [0.29, 0.717) is 12.6 Å². The van der Waals surface area contributed by atoms with E-state index in [4.69, 9.17) is 5.11 Å². The second kappa shape index (κ2) is 6.61. The zero-order valence-electron chi connectivity index (χ0n) is 9.91. The van der Waals surface area contributed by atoms with Crippen molar-refractivity contribution in [1.29, 1.82) is 0 Å². The van der Waals surface area contributed by atoms with Gasteiger partial charge in [-0.3, -0.25) is 0 Å². The second-order valence-corrected chi connectivity index (χ2v) is 4.33. The lowest BCUT2D eigenvalue weighted by molar-refractivity contribution is 0.186. The van der Waals surface area contributed by atoms with Crippen molar-refractivity contribution in [2.45, 2.75) is 38.8 Å². The number of hydrogen-bond acceptors (Lipinski definition) is 2. The predicted molar refractivity (Wildman–Crippen MR) is 63.9 cm³/mol. The van der Waals surface area contributed by atoms with E-state index in [0.717, 1.165) is 18.4 Å². The third-order valence-corrected chi connectivity index (χ3v) is 2.52. The highest BCUT2D eigenvalue weighted by molar-refractivity contribution is 5.16. The molecular formula is C13H20FNO. The molecule has 90 valence electrons. The first-order valence-electron chi connectivity index (χ1n) is 5.74. The molecule has 2 N–H and O–H groups in total. The highest BCUT2D eigenvalue weighted by atomic mass is 19.1. The fraction of sp³-hybridized carbons (Fsp3) is 0.538. The summed E-state index contributed by atoms with van der Waals surface area (Å²) < 4.78 is 12.9. The Labute approximate surface area is 96.5 Å². The van der Waals surface area contributed by atoms with Crippen LogP contribution >= 0.6 is 0 Å². The zero-order valence-corrected chi connectivity index (χ0v) is 9.91. The maximum absolute atomic E-state index is 12.9. The van der Waals surface area contributed by atoms with E-state index in [-0.39, 0.29) is 11.9 Å². The lowest BCUT2D eigenvalue weighted by Gasteiger charge is -2.14. The second-order valence-electron chi connectivity index (χ2n) is 4.33. The molecular weight excluding hydrogens is 205 g/mol. The summed E-state index contributed by atoms with van der Waals surface area (Å²) in [4.78, 5) is 0. The van der Waals surface area contributed by atoms with E-state index in [1.54, 1.807) is 19.1 Å².